The Hall–Kier alpha value is 0.171. The Morgan fingerprint density at radius 1 is 0.862 bits per heavy atom. The van der Waals surface area contributed by atoms with E-state index in [1.54, 1.807) is 0 Å². The molecule has 0 aromatic heterocycles. The second-order valence-corrected chi connectivity index (χ2v) is 7.80. The summed E-state index contributed by atoms with van der Waals surface area (Å²) in [6.07, 6.45) is 15.1. The molecule has 4 nitrogen and oxygen atoms in total. The first-order valence-electron chi connectivity index (χ1n) is 10.5. The molecule has 0 aliphatic heterocycles. The monoisotopic (exact) mass is 566 g/mol. The van der Waals surface area contributed by atoms with Crippen LogP contribution in [-0.2, 0) is 12.8 Å². The Kier molecular flexibility index (Phi) is 23.1. The summed E-state index contributed by atoms with van der Waals surface area (Å²) in [6, 6.07) is 6.31. The zero-order valence-electron chi connectivity index (χ0n) is 17.5. The van der Waals surface area contributed by atoms with Crippen LogP contribution in [0, 0.1) is 0 Å². The quantitative estimate of drug-likeness (QED) is 0.173. The van der Waals surface area contributed by atoms with E-state index in [2.05, 4.69) is 43.9 Å². The Morgan fingerprint density at radius 3 is 1.83 bits per heavy atom. The van der Waals surface area contributed by atoms with Gasteiger partial charge >= 0.3 is 48.9 Å². The standard InChI is InChI=1S/C21H35NOS.CH3NOS.Ba.2H/c1-3-5-7-9-11-14-18-15-13-17-20(23-21(22)24)19(18)16-12-10-8-6-4-2;2-1(3)4;;;/h13,15,17H,3-12,14,16H2,1-2H3,(H2,22,24);(H3,2,3,4);;;. The van der Waals surface area contributed by atoms with Crippen LogP contribution in [0.4, 0.5) is 0 Å². The molecular formula is C22H40BaN2O2S2. The van der Waals surface area contributed by atoms with Gasteiger partial charge in [0.2, 0.25) is 0 Å². The first kappa shape index (κ1) is 31.4. The summed E-state index contributed by atoms with van der Waals surface area (Å²) in [6.45, 7) is 4.51. The van der Waals surface area contributed by atoms with E-state index >= 15 is 0 Å². The predicted molar refractivity (Wildman–Crippen MR) is 137 cm³/mol. The van der Waals surface area contributed by atoms with Gasteiger partial charge in [0.25, 0.3) is 10.3 Å². The fourth-order valence-electron chi connectivity index (χ4n) is 3.16. The molecule has 29 heavy (non-hydrogen) atoms. The Labute approximate surface area is 228 Å². The number of thiocarbonyl (C=S) groups is 2. The number of hydrogen-bond donors (Lipinski definition) is 3. The SMILES string of the molecule is CCCCCCCc1cccc(OC(N)=S)c1CCCCCCC.NC(O)=S.[BaH2]. The molecule has 1 rings (SSSR count). The molecule has 0 saturated carbocycles. The van der Waals surface area contributed by atoms with Crippen molar-refractivity contribution in [2.45, 2.75) is 90.9 Å². The average Bonchev–Trinajstić information content (AvgIpc) is 2.62. The van der Waals surface area contributed by atoms with E-state index in [-0.39, 0.29) is 54.1 Å². The van der Waals surface area contributed by atoms with Crippen molar-refractivity contribution in [1.29, 1.82) is 0 Å². The Bertz CT molecular complexity index is 568. The number of hydrogen-bond acceptors (Lipinski definition) is 3. The third-order valence-electron chi connectivity index (χ3n) is 4.52. The van der Waals surface area contributed by atoms with Crippen LogP contribution >= 0.6 is 24.4 Å². The number of rotatable bonds is 13. The van der Waals surface area contributed by atoms with E-state index in [0.29, 0.717) is 0 Å². The maximum absolute atomic E-state index is 7.56. The van der Waals surface area contributed by atoms with Gasteiger partial charge in [0, 0.05) is 0 Å². The maximum atomic E-state index is 7.56. The summed E-state index contributed by atoms with van der Waals surface area (Å²) in [4.78, 5) is 0. The number of aliphatic hydroxyl groups is 1. The van der Waals surface area contributed by atoms with E-state index in [9.17, 15) is 0 Å². The van der Waals surface area contributed by atoms with Gasteiger partial charge in [0.05, 0.1) is 0 Å². The van der Waals surface area contributed by atoms with Crippen molar-refractivity contribution in [3.63, 3.8) is 0 Å². The summed E-state index contributed by atoms with van der Waals surface area (Å²) in [7, 11) is 0. The van der Waals surface area contributed by atoms with Gasteiger partial charge < -0.3 is 21.3 Å². The summed E-state index contributed by atoms with van der Waals surface area (Å²) >= 11 is 8.81. The van der Waals surface area contributed by atoms with Crippen molar-refractivity contribution in [1.82, 2.24) is 0 Å². The molecule has 7 heteroatoms. The van der Waals surface area contributed by atoms with E-state index in [0.717, 1.165) is 18.6 Å². The summed E-state index contributed by atoms with van der Waals surface area (Å²) in [5.74, 6) is 0.865. The molecule has 1 aromatic rings. The van der Waals surface area contributed by atoms with Crippen LogP contribution in [0.25, 0.3) is 0 Å². The molecule has 1 aromatic carbocycles. The van der Waals surface area contributed by atoms with Crippen molar-refractivity contribution in [3.05, 3.63) is 29.3 Å². The molecule has 0 heterocycles. The molecule has 0 amide bonds. The number of nitrogens with two attached hydrogens (primary N) is 2. The minimum absolute atomic E-state index is 0. The number of aryl methyl sites for hydroxylation is 1. The van der Waals surface area contributed by atoms with Crippen LogP contribution in [0.1, 0.15) is 89.2 Å². The summed E-state index contributed by atoms with van der Waals surface area (Å²) in [5.41, 5.74) is 12.7. The molecule has 0 aliphatic rings. The van der Waals surface area contributed by atoms with Crippen molar-refractivity contribution < 1.29 is 9.84 Å². The third-order valence-corrected chi connectivity index (χ3v) is 4.60. The fraction of sp³-hybridized carbons (Fsp3) is 0.636. The van der Waals surface area contributed by atoms with Crippen LogP contribution in [0.5, 0.6) is 5.75 Å². The average molecular weight is 566 g/mol. The molecule has 0 radical (unpaired) electrons. The molecule has 0 atom stereocenters. The zero-order valence-corrected chi connectivity index (χ0v) is 19.2. The van der Waals surface area contributed by atoms with Crippen LogP contribution < -0.4 is 16.2 Å². The molecule has 0 bridgehead atoms. The van der Waals surface area contributed by atoms with Gasteiger partial charge in [-0.1, -0.05) is 77.3 Å². The molecule has 0 unspecified atom stereocenters. The Morgan fingerprint density at radius 2 is 1.34 bits per heavy atom. The van der Waals surface area contributed by atoms with Crippen LogP contribution in [0.2, 0.25) is 0 Å². The van der Waals surface area contributed by atoms with Crippen LogP contribution in [-0.4, -0.2) is 64.3 Å². The molecule has 0 fully saturated rings. The minimum atomic E-state index is -0.500. The summed E-state index contributed by atoms with van der Waals surface area (Å²) < 4.78 is 5.62. The molecule has 5 N–H and O–H groups in total. The molecular weight excluding hydrogens is 526 g/mol. The van der Waals surface area contributed by atoms with E-state index in [4.69, 9.17) is 27.8 Å². The van der Waals surface area contributed by atoms with E-state index in [1.807, 2.05) is 6.07 Å². The molecule has 0 aliphatic carbocycles. The first-order chi connectivity index (χ1) is 13.4. The van der Waals surface area contributed by atoms with E-state index in [1.165, 1.54) is 75.3 Å². The predicted octanol–water partition coefficient (Wildman–Crippen LogP) is 5.21. The number of ether oxygens (including phenoxy) is 1. The van der Waals surface area contributed by atoms with Gasteiger partial charge in [-0.15, -0.1) is 0 Å². The van der Waals surface area contributed by atoms with Gasteiger partial charge in [-0.2, -0.15) is 0 Å². The zero-order chi connectivity index (χ0) is 21.2. The number of benzene rings is 1. The Balaban J connectivity index is 0. The van der Waals surface area contributed by atoms with Crippen LogP contribution in [0.15, 0.2) is 18.2 Å². The van der Waals surface area contributed by atoms with Gasteiger partial charge in [-0.3, -0.25) is 0 Å². The normalized spacial score (nSPS) is 9.72. The summed E-state index contributed by atoms with van der Waals surface area (Å²) in [5, 5.41) is 7.18. The number of unbranched alkanes of at least 4 members (excludes halogenated alkanes) is 8. The van der Waals surface area contributed by atoms with Crippen molar-refractivity contribution in [2.75, 3.05) is 0 Å². The molecule has 164 valence electrons. The topological polar surface area (TPSA) is 81.5 Å². The number of aliphatic hydroxyl groups excluding tert-OH is 1. The van der Waals surface area contributed by atoms with Gasteiger partial charge in [-0.25, -0.2) is 0 Å². The molecule has 0 saturated heterocycles. The van der Waals surface area contributed by atoms with E-state index < -0.39 is 5.17 Å². The third kappa shape index (κ3) is 18.6. The van der Waals surface area contributed by atoms with Gasteiger partial charge in [0.15, 0.2) is 0 Å². The van der Waals surface area contributed by atoms with Crippen molar-refractivity contribution >= 4 is 83.7 Å². The second-order valence-electron chi connectivity index (χ2n) is 6.98. The van der Waals surface area contributed by atoms with Crippen molar-refractivity contribution in [3.8, 4) is 5.75 Å². The molecule has 0 spiro atoms. The van der Waals surface area contributed by atoms with Gasteiger partial charge in [-0.05, 0) is 67.3 Å². The fourth-order valence-corrected chi connectivity index (χ4v) is 3.25. The first-order valence-corrected chi connectivity index (χ1v) is 11.3. The van der Waals surface area contributed by atoms with Gasteiger partial charge in [0.1, 0.15) is 5.75 Å². The second kappa shape index (κ2) is 21.4. The van der Waals surface area contributed by atoms with Crippen LogP contribution in [0.3, 0.4) is 0 Å². The van der Waals surface area contributed by atoms with Crippen molar-refractivity contribution in [2.24, 2.45) is 11.5 Å².